The van der Waals surface area contributed by atoms with Crippen molar-refractivity contribution in [3.63, 3.8) is 0 Å². The molecule has 2 N–H and O–H groups in total. The standard InChI is InChI=1S/C21H18N4O2S2.2ClH/c1-14-12-29-21(24-14)25-20-19(27-15-6-3-2-4-7-15)10-16(11-23-20)28-13-17-18(26)8-5-9-22-17;;/h2-12,26H,13H2,1H3,(H,23,24,25);2*1H. The van der Waals surface area contributed by atoms with Crippen molar-refractivity contribution in [3.05, 3.63) is 77.7 Å². The lowest BCUT2D eigenvalue weighted by molar-refractivity contribution is 0.467. The highest BCUT2D eigenvalue weighted by Gasteiger charge is 2.12. The maximum Gasteiger partial charge on any atom is 0.188 e. The van der Waals surface area contributed by atoms with Crippen LogP contribution in [0.15, 0.2) is 71.2 Å². The molecular weight excluding hydrogens is 475 g/mol. The largest absolute Gasteiger partial charge is 0.506 e. The van der Waals surface area contributed by atoms with Gasteiger partial charge in [0, 0.05) is 28.4 Å². The minimum atomic E-state index is 0. The maximum absolute atomic E-state index is 9.92. The van der Waals surface area contributed by atoms with E-state index in [1.807, 2.05) is 48.7 Å². The number of halogens is 2. The van der Waals surface area contributed by atoms with Crippen molar-refractivity contribution in [1.29, 1.82) is 0 Å². The van der Waals surface area contributed by atoms with E-state index in [0.29, 0.717) is 23.0 Å². The average Bonchev–Trinajstić information content (AvgIpc) is 3.14. The topological polar surface area (TPSA) is 80.2 Å². The Morgan fingerprint density at radius 1 is 1.10 bits per heavy atom. The van der Waals surface area contributed by atoms with Gasteiger partial charge in [-0.2, -0.15) is 0 Å². The van der Waals surface area contributed by atoms with E-state index in [1.165, 1.54) is 23.1 Å². The highest BCUT2D eigenvalue weighted by molar-refractivity contribution is 7.98. The van der Waals surface area contributed by atoms with Crippen LogP contribution in [0.5, 0.6) is 17.2 Å². The third kappa shape index (κ3) is 6.73. The van der Waals surface area contributed by atoms with Gasteiger partial charge in [0.15, 0.2) is 16.7 Å². The maximum atomic E-state index is 9.92. The van der Waals surface area contributed by atoms with Crippen LogP contribution in [0.1, 0.15) is 11.4 Å². The molecule has 0 saturated heterocycles. The minimum absolute atomic E-state index is 0. The van der Waals surface area contributed by atoms with Gasteiger partial charge >= 0.3 is 0 Å². The second kappa shape index (κ2) is 11.8. The highest BCUT2D eigenvalue weighted by atomic mass is 35.5. The molecule has 0 bridgehead atoms. The minimum Gasteiger partial charge on any atom is -0.506 e. The van der Waals surface area contributed by atoms with Crippen molar-refractivity contribution in [2.45, 2.75) is 17.6 Å². The summed E-state index contributed by atoms with van der Waals surface area (Å²) < 4.78 is 6.08. The zero-order valence-corrected chi connectivity index (χ0v) is 19.7. The van der Waals surface area contributed by atoms with Gasteiger partial charge in [0.05, 0.1) is 11.4 Å². The summed E-state index contributed by atoms with van der Waals surface area (Å²) in [5.41, 5.74) is 1.58. The van der Waals surface area contributed by atoms with Gasteiger partial charge in [-0.1, -0.05) is 18.2 Å². The van der Waals surface area contributed by atoms with Crippen molar-refractivity contribution in [2.24, 2.45) is 0 Å². The summed E-state index contributed by atoms with van der Waals surface area (Å²) in [6, 6.07) is 14.8. The predicted molar refractivity (Wildman–Crippen MR) is 131 cm³/mol. The lowest BCUT2D eigenvalue weighted by Crippen LogP contribution is -1.98. The number of anilines is 2. The summed E-state index contributed by atoms with van der Waals surface area (Å²) >= 11 is 3.04. The number of aromatic hydroxyl groups is 1. The number of benzene rings is 1. The van der Waals surface area contributed by atoms with E-state index in [4.69, 9.17) is 4.74 Å². The molecule has 4 aromatic rings. The van der Waals surface area contributed by atoms with Crippen LogP contribution in [0.2, 0.25) is 0 Å². The van der Waals surface area contributed by atoms with Crippen LogP contribution >= 0.6 is 47.9 Å². The van der Waals surface area contributed by atoms with Gasteiger partial charge < -0.3 is 15.2 Å². The number of para-hydroxylation sites is 1. The Morgan fingerprint density at radius 2 is 1.90 bits per heavy atom. The molecule has 0 aliphatic carbocycles. The van der Waals surface area contributed by atoms with Crippen molar-refractivity contribution in [2.75, 3.05) is 5.32 Å². The fourth-order valence-corrected chi connectivity index (χ4v) is 4.03. The first-order valence-corrected chi connectivity index (χ1v) is 10.7. The second-order valence-corrected chi connectivity index (χ2v) is 8.02. The summed E-state index contributed by atoms with van der Waals surface area (Å²) in [7, 11) is 0. The molecule has 1 aromatic carbocycles. The summed E-state index contributed by atoms with van der Waals surface area (Å²) in [5, 5.41) is 15.9. The number of nitrogens with zero attached hydrogens (tertiary/aromatic N) is 3. The Hall–Kier alpha value is -2.52. The Kier molecular flexibility index (Phi) is 9.39. The molecule has 10 heteroatoms. The lowest BCUT2D eigenvalue weighted by Gasteiger charge is -2.12. The molecule has 3 aromatic heterocycles. The summed E-state index contributed by atoms with van der Waals surface area (Å²) in [6.07, 6.45) is 3.44. The van der Waals surface area contributed by atoms with Crippen molar-refractivity contribution >= 4 is 58.9 Å². The Morgan fingerprint density at radius 3 is 2.61 bits per heavy atom. The number of hydrogen-bond donors (Lipinski definition) is 2. The summed E-state index contributed by atoms with van der Waals surface area (Å²) in [6.45, 7) is 1.95. The molecule has 162 valence electrons. The van der Waals surface area contributed by atoms with Gasteiger partial charge in [-0.15, -0.1) is 47.9 Å². The van der Waals surface area contributed by atoms with Gasteiger partial charge in [0.25, 0.3) is 0 Å². The molecule has 0 aliphatic rings. The molecule has 3 heterocycles. The SMILES string of the molecule is Cc1csc(Nc2ncc(SCc3ncccc3O)cc2Oc2ccccc2)n1.Cl.Cl. The number of pyridine rings is 2. The molecule has 0 fully saturated rings. The quantitative estimate of drug-likeness (QED) is 0.279. The van der Waals surface area contributed by atoms with E-state index in [2.05, 4.69) is 20.3 Å². The van der Waals surface area contributed by atoms with Gasteiger partial charge in [0.1, 0.15) is 11.5 Å². The van der Waals surface area contributed by atoms with Gasteiger partial charge in [-0.3, -0.25) is 4.98 Å². The normalized spacial score (nSPS) is 9.97. The third-order valence-electron chi connectivity index (χ3n) is 3.88. The van der Waals surface area contributed by atoms with E-state index < -0.39 is 0 Å². The van der Waals surface area contributed by atoms with Gasteiger partial charge in [0.2, 0.25) is 0 Å². The first kappa shape index (κ1) is 24.7. The van der Waals surface area contributed by atoms with Crippen LogP contribution in [0.4, 0.5) is 10.9 Å². The molecule has 0 spiro atoms. The molecule has 0 aliphatic heterocycles. The second-order valence-electron chi connectivity index (χ2n) is 6.11. The summed E-state index contributed by atoms with van der Waals surface area (Å²) in [5.74, 6) is 2.62. The zero-order valence-electron chi connectivity index (χ0n) is 16.4. The van der Waals surface area contributed by atoms with Crippen LogP contribution in [0, 0.1) is 6.92 Å². The molecule has 0 radical (unpaired) electrons. The van der Waals surface area contributed by atoms with Crippen LogP contribution in [0.3, 0.4) is 0 Å². The van der Waals surface area contributed by atoms with Gasteiger partial charge in [-0.05, 0) is 37.3 Å². The highest BCUT2D eigenvalue weighted by Crippen LogP contribution is 2.35. The Balaban J connectivity index is 0.00000171. The van der Waals surface area contributed by atoms with Gasteiger partial charge in [-0.25, -0.2) is 9.97 Å². The van der Waals surface area contributed by atoms with Crippen LogP contribution in [0.25, 0.3) is 0 Å². The van der Waals surface area contributed by atoms with Crippen LogP contribution < -0.4 is 10.1 Å². The number of hydrogen-bond acceptors (Lipinski definition) is 8. The lowest BCUT2D eigenvalue weighted by atomic mass is 10.3. The first-order chi connectivity index (χ1) is 14.2. The molecule has 0 unspecified atom stereocenters. The molecule has 4 rings (SSSR count). The number of aromatic nitrogens is 3. The number of aryl methyl sites for hydroxylation is 1. The molecule has 0 atom stereocenters. The number of ether oxygens (including phenoxy) is 1. The Bertz CT molecular complexity index is 1110. The third-order valence-corrected chi connectivity index (χ3v) is 5.73. The van der Waals surface area contributed by atoms with Crippen molar-refractivity contribution in [1.82, 2.24) is 15.0 Å². The van der Waals surface area contributed by atoms with E-state index in [9.17, 15) is 5.11 Å². The van der Waals surface area contributed by atoms with E-state index in [0.717, 1.165) is 21.5 Å². The number of thiazole rings is 1. The fraction of sp³-hybridized carbons (Fsp3) is 0.0952. The van der Waals surface area contributed by atoms with E-state index in [1.54, 1.807) is 24.5 Å². The van der Waals surface area contributed by atoms with Crippen molar-refractivity contribution < 1.29 is 9.84 Å². The first-order valence-electron chi connectivity index (χ1n) is 8.85. The monoisotopic (exact) mass is 494 g/mol. The molecule has 31 heavy (non-hydrogen) atoms. The fourth-order valence-electron chi connectivity index (χ4n) is 2.50. The predicted octanol–water partition coefficient (Wildman–Crippen LogP) is 6.62. The van der Waals surface area contributed by atoms with Crippen LogP contribution in [-0.4, -0.2) is 20.1 Å². The molecular formula is C21H20Cl2N4O2S2. The number of rotatable bonds is 7. The number of thioether (sulfide) groups is 1. The van der Waals surface area contributed by atoms with Crippen molar-refractivity contribution in [3.8, 4) is 17.2 Å². The van der Waals surface area contributed by atoms with E-state index in [-0.39, 0.29) is 30.6 Å². The smallest absolute Gasteiger partial charge is 0.188 e. The zero-order chi connectivity index (χ0) is 20.1. The number of nitrogens with one attached hydrogen (secondary N) is 1. The molecule has 0 saturated carbocycles. The van der Waals surface area contributed by atoms with E-state index >= 15 is 0 Å². The average molecular weight is 495 g/mol. The summed E-state index contributed by atoms with van der Waals surface area (Å²) in [4.78, 5) is 14.1. The van der Waals surface area contributed by atoms with Crippen LogP contribution in [-0.2, 0) is 5.75 Å². The Labute approximate surface area is 201 Å². The molecule has 6 nitrogen and oxygen atoms in total. The molecule has 0 amide bonds.